The number of carbonyl (C=O) groups excluding carboxylic acids is 2. The van der Waals surface area contributed by atoms with Crippen molar-refractivity contribution in [2.45, 2.75) is 258 Å². The van der Waals surface area contributed by atoms with E-state index in [-0.39, 0.29) is 32.0 Å². The van der Waals surface area contributed by atoms with Crippen LogP contribution < -0.4 is 4.89 Å². The van der Waals surface area contributed by atoms with Crippen LogP contribution in [0.4, 0.5) is 0 Å². The molecule has 1 unspecified atom stereocenters. The van der Waals surface area contributed by atoms with Gasteiger partial charge in [0.1, 0.15) is 19.8 Å². The normalized spacial score (nSPS) is 13.5. The third-order valence-corrected chi connectivity index (χ3v) is 12.5. The molecule has 0 aromatic heterocycles. The lowest BCUT2D eigenvalue weighted by molar-refractivity contribution is -0.870. The van der Waals surface area contributed by atoms with Crippen LogP contribution in [0.5, 0.6) is 0 Å². The second kappa shape index (κ2) is 44.0. The number of phosphoric ester groups is 1. The number of carbonyl (C=O) groups is 2. The summed E-state index contributed by atoms with van der Waals surface area (Å²) in [6, 6.07) is 0. The fourth-order valence-electron chi connectivity index (χ4n) is 7.48. The molecule has 0 heterocycles. The summed E-state index contributed by atoms with van der Waals surface area (Å²) < 4.78 is 34.1. The highest BCUT2D eigenvalue weighted by Gasteiger charge is 2.21. The molecular formula is C51H100NO8P. The van der Waals surface area contributed by atoms with Gasteiger partial charge in [-0.25, -0.2) is 0 Å². The molecule has 9 nitrogen and oxygen atoms in total. The van der Waals surface area contributed by atoms with E-state index in [1.165, 1.54) is 173 Å². The van der Waals surface area contributed by atoms with E-state index in [9.17, 15) is 19.0 Å². The van der Waals surface area contributed by atoms with Crippen LogP contribution >= 0.6 is 7.82 Å². The van der Waals surface area contributed by atoms with Crippen LogP contribution in [0.1, 0.15) is 251 Å². The Morgan fingerprint density at radius 1 is 0.492 bits per heavy atom. The van der Waals surface area contributed by atoms with E-state index in [1.54, 1.807) is 0 Å². The zero-order chi connectivity index (χ0) is 45.0. The van der Waals surface area contributed by atoms with Gasteiger partial charge < -0.3 is 27.9 Å². The van der Waals surface area contributed by atoms with E-state index < -0.39 is 26.5 Å². The van der Waals surface area contributed by atoms with Crippen LogP contribution in [0, 0.1) is 0 Å². The van der Waals surface area contributed by atoms with E-state index in [0.717, 1.165) is 44.9 Å². The molecule has 0 bridgehead atoms. The van der Waals surface area contributed by atoms with Crippen molar-refractivity contribution in [1.82, 2.24) is 0 Å². The predicted octanol–water partition coefficient (Wildman–Crippen LogP) is 14.7. The second-order valence-corrected chi connectivity index (χ2v) is 20.3. The topological polar surface area (TPSA) is 111 Å². The minimum Gasteiger partial charge on any atom is -0.756 e. The first-order valence-electron chi connectivity index (χ1n) is 25.9. The molecule has 0 aromatic carbocycles. The zero-order valence-electron chi connectivity index (χ0n) is 40.9. The summed E-state index contributed by atoms with van der Waals surface area (Å²) in [6.07, 6.45) is 48.1. The molecule has 0 rings (SSSR count). The maximum atomic E-state index is 12.7. The van der Waals surface area contributed by atoms with Gasteiger partial charge in [0, 0.05) is 12.8 Å². The summed E-state index contributed by atoms with van der Waals surface area (Å²) in [5, 5.41) is 0. The van der Waals surface area contributed by atoms with Crippen molar-refractivity contribution in [3.8, 4) is 0 Å². The number of phosphoric acid groups is 1. The summed E-state index contributed by atoms with van der Waals surface area (Å²) in [7, 11) is 1.18. The summed E-state index contributed by atoms with van der Waals surface area (Å²) >= 11 is 0. The number of esters is 2. The van der Waals surface area contributed by atoms with Gasteiger partial charge in [-0.2, -0.15) is 0 Å². The van der Waals surface area contributed by atoms with Crippen LogP contribution in [-0.4, -0.2) is 70.0 Å². The highest BCUT2D eigenvalue weighted by molar-refractivity contribution is 7.45. The Balaban J connectivity index is 4.21. The summed E-state index contributed by atoms with van der Waals surface area (Å²) in [6.45, 7) is 4.27. The second-order valence-electron chi connectivity index (χ2n) is 18.9. The molecular weight excluding hydrogens is 786 g/mol. The van der Waals surface area contributed by atoms with Gasteiger partial charge in [0.05, 0.1) is 27.7 Å². The van der Waals surface area contributed by atoms with Gasteiger partial charge in [-0.05, 0) is 38.5 Å². The van der Waals surface area contributed by atoms with Crippen molar-refractivity contribution in [1.29, 1.82) is 0 Å². The Bertz CT molecular complexity index is 1050. The quantitative estimate of drug-likeness (QED) is 0.0195. The largest absolute Gasteiger partial charge is 0.756 e. The molecule has 0 saturated heterocycles. The lowest BCUT2D eigenvalue weighted by atomic mass is 10.0. The molecule has 10 heteroatoms. The van der Waals surface area contributed by atoms with Gasteiger partial charge in [-0.15, -0.1) is 0 Å². The van der Waals surface area contributed by atoms with Crippen molar-refractivity contribution in [2.75, 3.05) is 47.5 Å². The summed E-state index contributed by atoms with van der Waals surface area (Å²) in [4.78, 5) is 37.7. The predicted molar refractivity (Wildman–Crippen MR) is 255 cm³/mol. The Labute approximate surface area is 377 Å². The fraction of sp³-hybridized carbons (Fsp3) is 0.922. The van der Waals surface area contributed by atoms with Crippen molar-refractivity contribution in [3.63, 3.8) is 0 Å². The highest BCUT2D eigenvalue weighted by Crippen LogP contribution is 2.38. The lowest BCUT2D eigenvalue weighted by Gasteiger charge is -2.28. The number of quaternary nitrogens is 1. The Hall–Kier alpha value is -1.25. The third kappa shape index (κ3) is 48.1. The number of hydrogen-bond acceptors (Lipinski definition) is 8. The van der Waals surface area contributed by atoms with Gasteiger partial charge in [-0.3, -0.25) is 14.2 Å². The van der Waals surface area contributed by atoms with Gasteiger partial charge in [-0.1, -0.05) is 212 Å². The van der Waals surface area contributed by atoms with Crippen molar-refractivity contribution in [3.05, 3.63) is 12.2 Å². The minimum atomic E-state index is -4.63. The molecule has 2 atom stereocenters. The Morgan fingerprint density at radius 2 is 0.836 bits per heavy atom. The van der Waals surface area contributed by atoms with Gasteiger partial charge in [0.15, 0.2) is 6.10 Å². The number of hydrogen-bond donors (Lipinski definition) is 0. The van der Waals surface area contributed by atoms with E-state index in [2.05, 4.69) is 26.0 Å². The zero-order valence-corrected chi connectivity index (χ0v) is 41.8. The highest BCUT2D eigenvalue weighted by atomic mass is 31.2. The van der Waals surface area contributed by atoms with Crippen LogP contribution in [0.2, 0.25) is 0 Å². The van der Waals surface area contributed by atoms with Gasteiger partial charge in [0.2, 0.25) is 0 Å². The van der Waals surface area contributed by atoms with Crippen LogP contribution in [-0.2, 0) is 32.7 Å². The van der Waals surface area contributed by atoms with E-state index in [1.807, 2.05) is 21.1 Å². The number of ether oxygens (including phenoxy) is 2. The van der Waals surface area contributed by atoms with Crippen LogP contribution in [0.3, 0.4) is 0 Å². The summed E-state index contributed by atoms with van der Waals surface area (Å²) in [5.41, 5.74) is 0. The standard InChI is InChI=1S/C51H100NO8P/c1-6-8-10-12-14-16-18-20-22-24-25-26-28-29-31-33-35-37-39-41-43-50(53)57-47-49(48-59-61(55,56)58-46-45-52(3,4)5)60-51(54)44-42-40-38-36-34-32-30-27-23-21-19-17-15-13-11-9-7-2/h21,23,49H,6-20,22,24-48H2,1-5H3/b23-21+/t49-/m1/s1. The van der Waals surface area contributed by atoms with Gasteiger partial charge >= 0.3 is 11.9 Å². The SMILES string of the molecule is CCCCCCCC/C=C/CCCCCCCCCC(=O)O[C@H](COC(=O)CCCCCCCCCCCCCCCCCCCCCC)COP(=O)([O-])OCC[N+](C)(C)C. The molecule has 0 aromatic rings. The molecule has 0 radical (unpaired) electrons. The molecule has 0 aliphatic heterocycles. The maximum absolute atomic E-state index is 12.7. The van der Waals surface area contributed by atoms with Crippen LogP contribution in [0.25, 0.3) is 0 Å². The minimum absolute atomic E-state index is 0.0282. The molecule has 0 aliphatic rings. The summed E-state index contributed by atoms with van der Waals surface area (Å²) in [5.74, 6) is -0.824. The number of likely N-dealkylation sites (N-methyl/N-ethyl adjacent to an activating group) is 1. The molecule has 0 amide bonds. The van der Waals surface area contributed by atoms with E-state index in [0.29, 0.717) is 17.4 Å². The van der Waals surface area contributed by atoms with E-state index >= 15 is 0 Å². The number of allylic oxidation sites excluding steroid dienone is 2. The lowest BCUT2D eigenvalue weighted by Crippen LogP contribution is -2.37. The number of unbranched alkanes of at least 4 members (excludes halogenated alkanes) is 32. The Kier molecular flexibility index (Phi) is 43.1. The fourth-order valence-corrected chi connectivity index (χ4v) is 8.20. The molecule has 0 aliphatic carbocycles. The first kappa shape index (κ1) is 59.8. The third-order valence-electron chi connectivity index (χ3n) is 11.5. The average molecular weight is 886 g/mol. The van der Waals surface area contributed by atoms with Crippen molar-refractivity contribution < 1.29 is 42.1 Å². The average Bonchev–Trinajstić information content (AvgIpc) is 3.21. The molecule has 362 valence electrons. The smallest absolute Gasteiger partial charge is 0.306 e. The van der Waals surface area contributed by atoms with E-state index in [4.69, 9.17) is 18.5 Å². The first-order chi connectivity index (χ1) is 29.5. The number of nitrogens with zero attached hydrogens (tertiary/aromatic N) is 1. The first-order valence-corrected chi connectivity index (χ1v) is 27.4. The molecule has 0 N–H and O–H groups in total. The Morgan fingerprint density at radius 3 is 1.21 bits per heavy atom. The van der Waals surface area contributed by atoms with Gasteiger partial charge in [0.25, 0.3) is 7.82 Å². The molecule has 0 spiro atoms. The molecule has 61 heavy (non-hydrogen) atoms. The number of rotatable bonds is 48. The van der Waals surface area contributed by atoms with Crippen LogP contribution in [0.15, 0.2) is 12.2 Å². The van der Waals surface area contributed by atoms with Crippen molar-refractivity contribution >= 4 is 19.8 Å². The van der Waals surface area contributed by atoms with Crippen molar-refractivity contribution in [2.24, 2.45) is 0 Å². The monoisotopic (exact) mass is 886 g/mol. The maximum Gasteiger partial charge on any atom is 0.306 e. The molecule has 0 saturated carbocycles. The molecule has 0 fully saturated rings.